The lowest BCUT2D eigenvalue weighted by molar-refractivity contribution is -0.159. The van der Waals surface area contributed by atoms with E-state index in [0.29, 0.717) is 11.4 Å². The number of carboxylic acids is 1. The van der Waals surface area contributed by atoms with Crippen molar-refractivity contribution in [1.82, 2.24) is 0 Å². The average Bonchev–Trinajstić information content (AvgIpc) is 2.21. The Kier molecular flexibility index (Phi) is 3.72. The van der Waals surface area contributed by atoms with Crippen LogP contribution in [0.25, 0.3) is 0 Å². The average molecular weight is 229 g/mol. The number of hydrogen-bond acceptors (Lipinski definition) is 2. The lowest BCUT2D eigenvalue weighted by Crippen LogP contribution is -2.39. The maximum Gasteiger partial charge on any atom is 0.336 e. The Bertz CT molecular complexity index is 347. The molecule has 0 spiro atoms. The quantitative estimate of drug-likeness (QED) is 0.861. The molecule has 0 saturated heterocycles. The van der Waals surface area contributed by atoms with E-state index in [9.17, 15) is 4.79 Å². The standard InChI is InChI=1S/C11H13ClO3/c1-11(15-2,10(13)14)7-8-3-5-9(12)6-4-8/h3-6H,7H2,1-2H3,(H,13,14). The second-order valence-corrected chi connectivity index (χ2v) is 3.98. The summed E-state index contributed by atoms with van der Waals surface area (Å²) in [4.78, 5) is 11.0. The Morgan fingerprint density at radius 1 is 1.47 bits per heavy atom. The monoisotopic (exact) mass is 228 g/mol. The van der Waals surface area contributed by atoms with E-state index in [-0.39, 0.29) is 0 Å². The molecule has 1 aromatic rings. The third-order valence-corrected chi connectivity index (χ3v) is 2.61. The smallest absolute Gasteiger partial charge is 0.336 e. The first-order valence-corrected chi connectivity index (χ1v) is 4.89. The lowest BCUT2D eigenvalue weighted by atomic mass is 9.96. The Hall–Kier alpha value is -1.06. The summed E-state index contributed by atoms with van der Waals surface area (Å²) in [6.45, 7) is 1.55. The zero-order chi connectivity index (χ0) is 11.5. The zero-order valence-corrected chi connectivity index (χ0v) is 9.41. The zero-order valence-electron chi connectivity index (χ0n) is 8.66. The SMILES string of the molecule is COC(C)(Cc1ccc(Cl)cc1)C(=O)O. The molecule has 1 rings (SSSR count). The van der Waals surface area contributed by atoms with Crippen molar-refractivity contribution >= 4 is 17.6 Å². The van der Waals surface area contributed by atoms with Crippen molar-refractivity contribution in [2.24, 2.45) is 0 Å². The second-order valence-electron chi connectivity index (χ2n) is 3.54. The topological polar surface area (TPSA) is 46.5 Å². The number of carboxylic acid groups (broad SMARTS) is 1. The summed E-state index contributed by atoms with van der Waals surface area (Å²) >= 11 is 5.73. The number of ether oxygens (including phenoxy) is 1. The molecule has 0 saturated carbocycles. The van der Waals surface area contributed by atoms with Gasteiger partial charge in [0.05, 0.1) is 0 Å². The van der Waals surface area contributed by atoms with E-state index in [0.717, 1.165) is 5.56 Å². The second kappa shape index (κ2) is 4.64. The van der Waals surface area contributed by atoms with Gasteiger partial charge in [0.15, 0.2) is 5.60 Å². The molecule has 0 aromatic heterocycles. The number of methoxy groups -OCH3 is 1. The molecule has 0 aliphatic heterocycles. The first-order valence-electron chi connectivity index (χ1n) is 4.51. The number of benzene rings is 1. The summed E-state index contributed by atoms with van der Waals surface area (Å²) in [5.41, 5.74) is -0.306. The number of hydrogen-bond donors (Lipinski definition) is 1. The van der Waals surface area contributed by atoms with Crippen molar-refractivity contribution in [2.75, 3.05) is 7.11 Å². The molecule has 1 unspecified atom stereocenters. The first-order chi connectivity index (χ1) is 6.98. The Morgan fingerprint density at radius 2 is 2.00 bits per heavy atom. The minimum atomic E-state index is -1.19. The molecule has 0 heterocycles. The van der Waals surface area contributed by atoms with Gasteiger partial charge in [-0.25, -0.2) is 4.79 Å². The fraction of sp³-hybridized carbons (Fsp3) is 0.364. The molecule has 15 heavy (non-hydrogen) atoms. The van der Waals surface area contributed by atoms with Crippen LogP contribution in [0.5, 0.6) is 0 Å². The van der Waals surface area contributed by atoms with Crippen molar-refractivity contribution in [2.45, 2.75) is 18.9 Å². The molecule has 1 aromatic carbocycles. The molecule has 0 radical (unpaired) electrons. The fourth-order valence-electron chi connectivity index (χ4n) is 1.23. The molecular formula is C11H13ClO3. The van der Waals surface area contributed by atoms with Crippen molar-refractivity contribution in [3.8, 4) is 0 Å². The molecule has 0 bridgehead atoms. The maximum atomic E-state index is 11.0. The Labute approximate surface area is 93.6 Å². The van der Waals surface area contributed by atoms with Gasteiger partial charge in [-0.3, -0.25) is 0 Å². The number of carbonyl (C=O) groups is 1. The van der Waals surface area contributed by atoms with E-state index >= 15 is 0 Å². The number of halogens is 1. The summed E-state index contributed by atoms with van der Waals surface area (Å²) in [5.74, 6) is -0.972. The highest BCUT2D eigenvalue weighted by Gasteiger charge is 2.32. The third-order valence-electron chi connectivity index (χ3n) is 2.36. The molecule has 1 atom stereocenters. The molecular weight excluding hydrogens is 216 g/mol. The maximum absolute atomic E-state index is 11.0. The van der Waals surface area contributed by atoms with Gasteiger partial charge in [-0.1, -0.05) is 23.7 Å². The van der Waals surface area contributed by atoms with Crippen LogP contribution >= 0.6 is 11.6 Å². The van der Waals surface area contributed by atoms with Crippen LogP contribution in [0.15, 0.2) is 24.3 Å². The summed E-state index contributed by atoms with van der Waals surface area (Å²) < 4.78 is 5.00. The van der Waals surface area contributed by atoms with Gasteiger partial charge in [-0.05, 0) is 24.6 Å². The van der Waals surface area contributed by atoms with E-state index in [1.807, 2.05) is 0 Å². The van der Waals surface area contributed by atoms with Crippen LogP contribution in [-0.2, 0) is 16.0 Å². The van der Waals surface area contributed by atoms with E-state index in [1.165, 1.54) is 7.11 Å². The molecule has 4 heteroatoms. The number of rotatable bonds is 4. The summed E-state index contributed by atoms with van der Waals surface area (Å²) in [6.07, 6.45) is 0.315. The largest absolute Gasteiger partial charge is 0.479 e. The van der Waals surface area contributed by atoms with Gasteiger partial charge < -0.3 is 9.84 Å². The lowest BCUT2D eigenvalue weighted by Gasteiger charge is -2.22. The van der Waals surface area contributed by atoms with Crippen molar-refractivity contribution in [3.05, 3.63) is 34.9 Å². The fourth-order valence-corrected chi connectivity index (χ4v) is 1.35. The highest BCUT2D eigenvalue weighted by atomic mass is 35.5. The van der Waals surface area contributed by atoms with Crippen LogP contribution in [-0.4, -0.2) is 23.8 Å². The van der Waals surface area contributed by atoms with Gasteiger partial charge >= 0.3 is 5.97 Å². The minimum absolute atomic E-state index is 0.315. The van der Waals surface area contributed by atoms with Gasteiger partial charge in [-0.2, -0.15) is 0 Å². The van der Waals surface area contributed by atoms with Gasteiger partial charge in [0.2, 0.25) is 0 Å². The first kappa shape index (κ1) is 12.0. The molecule has 0 aliphatic carbocycles. The highest BCUT2D eigenvalue weighted by molar-refractivity contribution is 6.30. The van der Waals surface area contributed by atoms with E-state index in [1.54, 1.807) is 31.2 Å². The Balaban J connectivity index is 2.84. The van der Waals surface area contributed by atoms with E-state index < -0.39 is 11.6 Å². The van der Waals surface area contributed by atoms with Crippen LogP contribution in [0.2, 0.25) is 5.02 Å². The van der Waals surface area contributed by atoms with Gasteiger partial charge in [0.25, 0.3) is 0 Å². The molecule has 0 aliphatic rings. The molecule has 0 fully saturated rings. The molecule has 1 N–H and O–H groups in total. The Morgan fingerprint density at radius 3 is 2.40 bits per heavy atom. The molecule has 3 nitrogen and oxygen atoms in total. The van der Waals surface area contributed by atoms with Gasteiger partial charge in [-0.15, -0.1) is 0 Å². The van der Waals surface area contributed by atoms with E-state index in [2.05, 4.69) is 0 Å². The van der Waals surface area contributed by atoms with Crippen molar-refractivity contribution < 1.29 is 14.6 Å². The van der Waals surface area contributed by atoms with Crippen LogP contribution in [0, 0.1) is 0 Å². The molecule has 0 amide bonds. The normalized spacial score (nSPS) is 14.6. The third kappa shape index (κ3) is 2.94. The summed E-state index contributed by atoms with van der Waals surface area (Å²) in [7, 11) is 1.39. The van der Waals surface area contributed by atoms with Crippen molar-refractivity contribution in [1.29, 1.82) is 0 Å². The summed E-state index contributed by atoms with van der Waals surface area (Å²) in [5, 5.41) is 9.63. The van der Waals surface area contributed by atoms with Gasteiger partial charge in [0, 0.05) is 18.6 Å². The predicted molar refractivity (Wildman–Crippen MR) is 58.2 cm³/mol. The van der Waals surface area contributed by atoms with Crippen LogP contribution in [0.1, 0.15) is 12.5 Å². The van der Waals surface area contributed by atoms with E-state index in [4.69, 9.17) is 21.4 Å². The van der Waals surface area contributed by atoms with Crippen LogP contribution in [0.3, 0.4) is 0 Å². The van der Waals surface area contributed by atoms with Crippen LogP contribution < -0.4 is 0 Å². The predicted octanol–water partition coefficient (Wildman–Crippen LogP) is 2.37. The highest BCUT2D eigenvalue weighted by Crippen LogP contribution is 2.19. The number of aliphatic carboxylic acids is 1. The molecule has 82 valence electrons. The van der Waals surface area contributed by atoms with Crippen LogP contribution in [0.4, 0.5) is 0 Å². The summed E-state index contributed by atoms with van der Waals surface area (Å²) in [6, 6.07) is 7.05. The van der Waals surface area contributed by atoms with Gasteiger partial charge in [0.1, 0.15) is 0 Å². The van der Waals surface area contributed by atoms with Crippen molar-refractivity contribution in [3.63, 3.8) is 0 Å². The minimum Gasteiger partial charge on any atom is -0.479 e.